The third-order valence-electron chi connectivity index (χ3n) is 2.59. The number of hydrogen-bond acceptors (Lipinski definition) is 5. The van der Waals surface area contributed by atoms with Crippen molar-refractivity contribution in [3.8, 4) is 5.69 Å². The molecule has 7 nitrogen and oxygen atoms in total. The molecule has 1 aromatic carbocycles. The Bertz CT molecular complexity index is 631. The van der Waals surface area contributed by atoms with Gasteiger partial charge in [-0.25, -0.2) is 0 Å². The van der Waals surface area contributed by atoms with Crippen molar-refractivity contribution >= 4 is 11.5 Å². The number of Topliss-reactive ketones (excluding diaryl/α,β-unsaturated/α-hetero) is 1. The second kappa shape index (κ2) is 4.97. The number of ketones is 1. The van der Waals surface area contributed by atoms with E-state index >= 15 is 0 Å². The van der Waals surface area contributed by atoms with E-state index in [4.69, 9.17) is 0 Å². The van der Waals surface area contributed by atoms with Crippen LogP contribution in [-0.4, -0.2) is 25.7 Å². The van der Waals surface area contributed by atoms with Crippen LogP contribution in [0.5, 0.6) is 0 Å². The summed E-state index contributed by atoms with van der Waals surface area (Å²) in [5.74, 6) is 0.0128. The van der Waals surface area contributed by atoms with Crippen LogP contribution >= 0.6 is 0 Å². The highest BCUT2D eigenvalue weighted by molar-refractivity contribution is 5.77. The third kappa shape index (κ3) is 2.82. The lowest BCUT2D eigenvalue weighted by molar-refractivity contribution is -0.384. The van der Waals surface area contributed by atoms with Crippen molar-refractivity contribution in [2.75, 3.05) is 0 Å². The monoisotopic (exact) mass is 260 g/mol. The molecule has 0 amide bonds. The van der Waals surface area contributed by atoms with Crippen LogP contribution in [0.4, 0.5) is 5.69 Å². The summed E-state index contributed by atoms with van der Waals surface area (Å²) >= 11 is 0. The van der Waals surface area contributed by atoms with Gasteiger partial charge in [-0.2, -0.15) is 15.0 Å². The largest absolute Gasteiger partial charge is 0.300 e. The first kappa shape index (κ1) is 12.9. The van der Waals surface area contributed by atoms with Gasteiger partial charge in [0.25, 0.3) is 5.69 Å². The minimum Gasteiger partial charge on any atom is -0.300 e. The Hall–Kier alpha value is -2.57. The molecule has 2 rings (SSSR count). The van der Waals surface area contributed by atoms with Gasteiger partial charge in [0.15, 0.2) is 0 Å². The Morgan fingerprint density at radius 3 is 2.47 bits per heavy atom. The number of nitro groups is 1. The summed E-state index contributed by atoms with van der Waals surface area (Å²) in [6.45, 7) is 3.26. The van der Waals surface area contributed by atoms with Crippen LogP contribution in [0.1, 0.15) is 18.3 Å². The molecular formula is C12H12N4O3. The first-order chi connectivity index (χ1) is 8.97. The molecule has 1 heterocycles. The zero-order valence-corrected chi connectivity index (χ0v) is 10.5. The van der Waals surface area contributed by atoms with Crippen LogP contribution in [-0.2, 0) is 11.2 Å². The topological polar surface area (TPSA) is 90.9 Å². The predicted molar refractivity (Wildman–Crippen MR) is 67.1 cm³/mol. The summed E-state index contributed by atoms with van der Waals surface area (Å²) in [6.07, 6.45) is 0.235. The number of carbonyl (C=O) groups is 1. The van der Waals surface area contributed by atoms with Gasteiger partial charge in [0.1, 0.15) is 5.78 Å². The van der Waals surface area contributed by atoms with Crippen molar-refractivity contribution in [2.24, 2.45) is 0 Å². The molecule has 0 saturated heterocycles. The highest BCUT2D eigenvalue weighted by Gasteiger charge is 2.11. The molecule has 7 heteroatoms. The molecule has 0 aliphatic carbocycles. The van der Waals surface area contributed by atoms with Gasteiger partial charge in [-0.3, -0.25) is 14.9 Å². The lowest BCUT2D eigenvalue weighted by Gasteiger charge is -1.98. The molecule has 19 heavy (non-hydrogen) atoms. The van der Waals surface area contributed by atoms with Crippen molar-refractivity contribution in [3.05, 3.63) is 45.8 Å². The van der Waals surface area contributed by atoms with Crippen LogP contribution in [0.15, 0.2) is 24.3 Å². The predicted octanol–water partition coefficient (Wildman–Crippen LogP) is 1.62. The fourth-order valence-electron chi connectivity index (χ4n) is 1.63. The van der Waals surface area contributed by atoms with E-state index in [-0.39, 0.29) is 17.9 Å². The van der Waals surface area contributed by atoms with E-state index in [1.165, 1.54) is 23.9 Å². The van der Waals surface area contributed by atoms with Crippen molar-refractivity contribution < 1.29 is 9.72 Å². The number of non-ortho nitro benzene ring substituents is 1. The van der Waals surface area contributed by atoms with Gasteiger partial charge >= 0.3 is 0 Å². The smallest absolute Gasteiger partial charge is 0.269 e. The molecule has 0 spiro atoms. The number of rotatable bonds is 4. The molecule has 0 unspecified atom stereocenters. The van der Waals surface area contributed by atoms with Gasteiger partial charge in [0.2, 0.25) is 0 Å². The summed E-state index contributed by atoms with van der Waals surface area (Å²) < 4.78 is 0. The number of hydrogen-bond donors (Lipinski definition) is 0. The lowest BCUT2D eigenvalue weighted by atomic mass is 10.2. The summed E-state index contributed by atoms with van der Waals surface area (Å²) in [5.41, 5.74) is 1.92. The fraction of sp³-hybridized carbons (Fsp3) is 0.250. The van der Waals surface area contributed by atoms with E-state index in [0.29, 0.717) is 17.1 Å². The quantitative estimate of drug-likeness (QED) is 0.615. The van der Waals surface area contributed by atoms with E-state index < -0.39 is 4.92 Å². The summed E-state index contributed by atoms with van der Waals surface area (Å²) in [4.78, 5) is 22.5. The number of carbonyl (C=O) groups excluding carboxylic acids is 1. The zero-order chi connectivity index (χ0) is 14.0. The molecule has 0 aliphatic heterocycles. The van der Waals surface area contributed by atoms with Gasteiger partial charge in [0, 0.05) is 12.1 Å². The van der Waals surface area contributed by atoms with E-state index in [0.717, 1.165) is 0 Å². The summed E-state index contributed by atoms with van der Waals surface area (Å²) in [7, 11) is 0. The number of nitrogens with zero attached hydrogens (tertiary/aromatic N) is 4. The minimum atomic E-state index is -0.466. The highest BCUT2D eigenvalue weighted by atomic mass is 16.6. The van der Waals surface area contributed by atoms with E-state index in [2.05, 4.69) is 10.2 Å². The number of aromatic nitrogens is 3. The molecule has 0 saturated carbocycles. The number of nitro benzene ring substituents is 1. The molecule has 0 radical (unpaired) electrons. The summed E-state index contributed by atoms with van der Waals surface area (Å²) in [6, 6.07) is 5.90. The van der Waals surface area contributed by atoms with Crippen molar-refractivity contribution in [2.45, 2.75) is 20.3 Å². The van der Waals surface area contributed by atoms with Gasteiger partial charge < -0.3 is 0 Å². The maximum atomic E-state index is 11.1. The first-order valence-corrected chi connectivity index (χ1v) is 5.64. The van der Waals surface area contributed by atoms with Crippen molar-refractivity contribution in [3.63, 3.8) is 0 Å². The SMILES string of the molecule is CC(=O)Cc1nn(-c2ccc([N+](=O)[O-])cc2)nc1C. The van der Waals surface area contributed by atoms with E-state index in [1.54, 1.807) is 19.1 Å². The van der Waals surface area contributed by atoms with Crippen LogP contribution in [0, 0.1) is 17.0 Å². The van der Waals surface area contributed by atoms with Crippen LogP contribution in [0.3, 0.4) is 0 Å². The third-order valence-corrected chi connectivity index (χ3v) is 2.59. The van der Waals surface area contributed by atoms with Gasteiger partial charge in [0.05, 0.1) is 28.4 Å². The Morgan fingerprint density at radius 1 is 1.32 bits per heavy atom. The van der Waals surface area contributed by atoms with Gasteiger partial charge in [-0.15, -0.1) is 0 Å². The number of aryl methyl sites for hydroxylation is 1. The standard InChI is InChI=1S/C12H12N4O3/c1-8(17)7-12-9(2)13-15(14-12)10-3-5-11(6-4-10)16(18)19/h3-6H,7H2,1-2H3. The van der Waals surface area contributed by atoms with Crippen molar-refractivity contribution in [1.29, 1.82) is 0 Å². The first-order valence-electron chi connectivity index (χ1n) is 5.64. The Kier molecular flexibility index (Phi) is 3.37. The second-order valence-electron chi connectivity index (χ2n) is 4.17. The maximum Gasteiger partial charge on any atom is 0.269 e. The second-order valence-corrected chi connectivity index (χ2v) is 4.17. The van der Waals surface area contributed by atoms with Gasteiger partial charge in [-0.1, -0.05) is 0 Å². The molecule has 0 N–H and O–H groups in total. The maximum absolute atomic E-state index is 11.1. The zero-order valence-electron chi connectivity index (χ0n) is 10.5. The lowest BCUT2D eigenvalue weighted by Crippen LogP contribution is -2.01. The molecule has 0 bridgehead atoms. The minimum absolute atomic E-state index is 0.0107. The van der Waals surface area contributed by atoms with E-state index in [9.17, 15) is 14.9 Å². The average molecular weight is 260 g/mol. The van der Waals surface area contributed by atoms with Crippen LogP contribution in [0.25, 0.3) is 5.69 Å². The average Bonchev–Trinajstić information content (AvgIpc) is 2.70. The molecule has 0 fully saturated rings. The molecule has 1 aromatic heterocycles. The van der Waals surface area contributed by atoms with E-state index in [1.807, 2.05) is 0 Å². The summed E-state index contributed by atoms with van der Waals surface area (Å²) in [5, 5.41) is 19.0. The Morgan fingerprint density at radius 2 is 1.95 bits per heavy atom. The molecule has 0 atom stereocenters. The van der Waals surface area contributed by atoms with Gasteiger partial charge in [-0.05, 0) is 26.0 Å². The molecule has 0 aliphatic rings. The highest BCUT2D eigenvalue weighted by Crippen LogP contribution is 2.15. The van der Waals surface area contributed by atoms with Crippen LogP contribution in [0.2, 0.25) is 0 Å². The number of benzene rings is 1. The molecule has 98 valence electrons. The Balaban J connectivity index is 2.31. The van der Waals surface area contributed by atoms with Crippen molar-refractivity contribution in [1.82, 2.24) is 15.0 Å². The molecule has 2 aromatic rings. The fourth-order valence-corrected chi connectivity index (χ4v) is 1.63. The normalized spacial score (nSPS) is 10.4. The van der Waals surface area contributed by atoms with Crippen LogP contribution < -0.4 is 0 Å². The molecular weight excluding hydrogens is 248 g/mol. The Labute approximate surface area is 109 Å².